The summed E-state index contributed by atoms with van der Waals surface area (Å²) in [5.74, 6) is 1.76. The van der Waals surface area contributed by atoms with Gasteiger partial charge in [0.05, 0.1) is 27.0 Å². The lowest BCUT2D eigenvalue weighted by Gasteiger charge is -2.16. The smallest absolute Gasteiger partial charge is 0.254 e. The van der Waals surface area contributed by atoms with Crippen LogP contribution in [0.25, 0.3) is 0 Å². The number of carbonyl (C=O) groups is 1. The molecule has 0 saturated heterocycles. The summed E-state index contributed by atoms with van der Waals surface area (Å²) < 4.78 is 15.6. The van der Waals surface area contributed by atoms with Crippen molar-refractivity contribution in [2.75, 3.05) is 21.3 Å². The van der Waals surface area contributed by atoms with Gasteiger partial charge in [-0.25, -0.2) is 0 Å². The molecular formula is C15H17NO4. The van der Waals surface area contributed by atoms with Crippen LogP contribution in [0, 0.1) is 0 Å². The van der Waals surface area contributed by atoms with Gasteiger partial charge in [-0.05, 0) is 30.3 Å². The van der Waals surface area contributed by atoms with E-state index >= 15 is 0 Å². The third-order valence-electron chi connectivity index (χ3n) is 2.95. The number of rotatable bonds is 5. The molecule has 1 aromatic heterocycles. The number of hydrogen-bond donors (Lipinski definition) is 0. The van der Waals surface area contributed by atoms with Crippen molar-refractivity contribution in [3.63, 3.8) is 0 Å². The topological polar surface area (TPSA) is 51.9 Å². The van der Waals surface area contributed by atoms with Crippen LogP contribution in [0.5, 0.6) is 11.5 Å². The van der Waals surface area contributed by atoms with Gasteiger partial charge in [0.25, 0.3) is 5.91 Å². The average molecular weight is 275 g/mol. The molecule has 20 heavy (non-hydrogen) atoms. The highest BCUT2D eigenvalue weighted by molar-refractivity contribution is 5.94. The van der Waals surface area contributed by atoms with Gasteiger partial charge >= 0.3 is 0 Å². The molecule has 2 aromatic rings. The van der Waals surface area contributed by atoms with Crippen LogP contribution in [0.4, 0.5) is 0 Å². The van der Waals surface area contributed by atoms with Crippen molar-refractivity contribution in [1.82, 2.24) is 4.90 Å². The van der Waals surface area contributed by atoms with E-state index in [0.29, 0.717) is 23.6 Å². The number of hydrogen-bond acceptors (Lipinski definition) is 4. The van der Waals surface area contributed by atoms with Gasteiger partial charge in [-0.2, -0.15) is 0 Å². The molecule has 0 spiro atoms. The van der Waals surface area contributed by atoms with Crippen molar-refractivity contribution in [1.29, 1.82) is 0 Å². The van der Waals surface area contributed by atoms with Crippen LogP contribution in [0.2, 0.25) is 0 Å². The maximum absolute atomic E-state index is 12.3. The molecule has 5 nitrogen and oxygen atoms in total. The Morgan fingerprint density at radius 2 is 1.95 bits per heavy atom. The van der Waals surface area contributed by atoms with Gasteiger partial charge in [0.1, 0.15) is 5.76 Å². The summed E-state index contributed by atoms with van der Waals surface area (Å²) in [6.45, 7) is 0.417. The normalized spacial score (nSPS) is 10.2. The number of methoxy groups -OCH3 is 2. The molecule has 0 bridgehead atoms. The minimum atomic E-state index is -0.109. The molecule has 0 radical (unpaired) electrons. The molecule has 106 valence electrons. The Morgan fingerprint density at radius 1 is 1.20 bits per heavy atom. The molecule has 5 heteroatoms. The number of carbonyl (C=O) groups excluding carboxylic acids is 1. The molecule has 0 fully saturated rings. The summed E-state index contributed by atoms with van der Waals surface area (Å²) in [7, 11) is 4.82. The molecule has 0 aliphatic heterocycles. The fraction of sp³-hybridized carbons (Fsp3) is 0.267. The first kappa shape index (κ1) is 14.0. The van der Waals surface area contributed by atoms with Crippen LogP contribution in [0.3, 0.4) is 0 Å². The van der Waals surface area contributed by atoms with Crippen LogP contribution >= 0.6 is 0 Å². The van der Waals surface area contributed by atoms with Gasteiger partial charge in [0.15, 0.2) is 11.5 Å². The molecule has 2 rings (SSSR count). The zero-order chi connectivity index (χ0) is 14.5. The second-order valence-electron chi connectivity index (χ2n) is 4.31. The Hall–Kier alpha value is -2.43. The Balaban J connectivity index is 2.16. The fourth-order valence-corrected chi connectivity index (χ4v) is 1.90. The van der Waals surface area contributed by atoms with E-state index in [0.717, 1.165) is 5.76 Å². The largest absolute Gasteiger partial charge is 0.493 e. The first-order valence-corrected chi connectivity index (χ1v) is 6.15. The van der Waals surface area contributed by atoms with E-state index in [1.807, 2.05) is 6.07 Å². The highest BCUT2D eigenvalue weighted by Crippen LogP contribution is 2.28. The zero-order valence-corrected chi connectivity index (χ0v) is 11.8. The Labute approximate surface area is 117 Å². The van der Waals surface area contributed by atoms with E-state index < -0.39 is 0 Å². The third-order valence-corrected chi connectivity index (χ3v) is 2.95. The van der Waals surface area contributed by atoms with Crippen molar-refractivity contribution in [2.45, 2.75) is 6.54 Å². The summed E-state index contributed by atoms with van der Waals surface area (Å²) >= 11 is 0. The first-order chi connectivity index (χ1) is 9.65. The molecule has 0 aliphatic rings. The van der Waals surface area contributed by atoms with Crippen LogP contribution < -0.4 is 9.47 Å². The SMILES string of the molecule is COc1ccc(C(=O)N(C)Cc2ccco2)cc1OC. The van der Waals surface area contributed by atoms with E-state index in [-0.39, 0.29) is 5.91 Å². The van der Waals surface area contributed by atoms with Gasteiger partial charge < -0.3 is 18.8 Å². The van der Waals surface area contributed by atoms with E-state index in [4.69, 9.17) is 13.9 Å². The van der Waals surface area contributed by atoms with Crippen LogP contribution in [-0.4, -0.2) is 32.1 Å². The third kappa shape index (κ3) is 2.93. The highest BCUT2D eigenvalue weighted by atomic mass is 16.5. The number of nitrogens with zero attached hydrogens (tertiary/aromatic N) is 1. The average Bonchev–Trinajstić information content (AvgIpc) is 2.98. The molecule has 1 heterocycles. The van der Waals surface area contributed by atoms with Crippen LogP contribution in [0.15, 0.2) is 41.0 Å². The summed E-state index contributed by atoms with van der Waals surface area (Å²) in [6.07, 6.45) is 1.59. The van der Waals surface area contributed by atoms with E-state index in [9.17, 15) is 4.79 Å². The monoisotopic (exact) mass is 275 g/mol. The van der Waals surface area contributed by atoms with Gasteiger partial charge in [-0.3, -0.25) is 4.79 Å². The van der Waals surface area contributed by atoms with Gasteiger partial charge in [-0.15, -0.1) is 0 Å². The number of benzene rings is 1. The van der Waals surface area contributed by atoms with Gasteiger partial charge in [0, 0.05) is 12.6 Å². The van der Waals surface area contributed by atoms with Gasteiger partial charge in [-0.1, -0.05) is 0 Å². The van der Waals surface area contributed by atoms with Crippen molar-refractivity contribution in [3.05, 3.63) is 47.9 Å². The van der Waals surface area contributed by atoms with Crippen molar-refractivity contribution in [3.8, 4) is 11.5 Å². The predicted octanol–water partition coefficient (Wildman–Crippen LogP) is 2.57. The maximum atomic E-state index is 12.3. The number of furan rings is 1. The Bertz CT molecular complexity index is 578. The van der Waals surface area contributed by atoms with Crippen LogP contribution in [0.1, 0.15) is 16.1 Å². The lowest BCUT2D eigenvalue weighted by atomic mass is 10.1. The molecule has 0 N–H and O–H groups in total. The Morgan fingerprint density at radius 3 is 2.55 bits per heavy atom. The molecule has 0 atom stereocenters. The number of amides is 1. The van der Waals surface area contributed by atoms with E-state index in [1.54, 1.807) is 56.7 Å². The molecular weight excluding hydrogens is 258 g/mol. The minimum Gasteiger partial charge on any atom is -0.493 e. The minimum absolute atomic E-state index is 0.109. The summed E-state index contributed by atoms with van der Waals surface area (Å²) in [6, 6.07) is 8.72. The van der Waals surface area contributed by atoms with E-state index in [2.05, 4.69) is 0 Å². The molecule has 0 unspecified atom stereocenters. The van der Waals surface area contributed by atoms with Crippen LogP contribution in [-0.2, 0) is 6.54 Å². The van der Waals surface area contributed by atoms with Crippen molar-refractivity contribution >= 4 is 5.91 Å². The molecule has 1 amide bonds. The van der Waals surface area contributed by atoms with Crippen molar-refractivity contribution < 1.29 is 18.7 Å². The summed E-state index contributed by atoms with van der Waals surface area (Å²) in [4.78, 5) is 13.9. The summed E-state index contributed by atoms with van der Waals surface area (Å²) in [5.41, 5.74) is 0.539. The second-order valence-corrected chi connectivity index (χ2v) is 4.31. The fourth-order valence-electron chi connectivity index (χ4n) is 1.90. The summed E-state index contributed by atoms with van der Waals surface area (Å²) in [5, 5.41) is 0. The van der Waals surface area contributed by atoms with E-state index in [1.165, 1.54) is 0 Å². The standard InChI is InChI=1S/C15H17NO4/c1-16(10-12-5-4-8-20-12)15(17)11-6-7-13(18-2)14(9-11)19-3/h4-9H,10H2,1-3H3. The Kier molecular flexibility index (Phi) is 4.30. The quantitative estimate of drug-likeness (QED) is 0.841. The lowest BCUT2D eigenvalue weighted by Crippen LogP contribution is -2.26. The zero-order valence-electron chi connectivity index (χ0n) is 11.8. The maximum Gasteiger partial charge on any atom is 0.254 e. The molecule has 1 aromatic carbocycles. The van der Waals surface area contributed by atoms with Gasteiger partial charge in [0.2, 0.25) is 0 Å². The molecule has 0 saturated carbocycles. The molecule has 0 aliphatic carbocycles. The second kappa shape index (κ2) is 6.14. The highest BCUT2D eigenvalue weighted by Gasteiger charge is 2.15. The lowest BCUT2D eigenvalue weighted by molar-refractivity contribution is 0.0775. The van der Waals surface area contributed by atoms with Crippen molar-refractivity contribution in [2.24, 2.45) is 0 Å². The predicted molar refractivity (Wildman–Crippen MR) is 74.1 cm³/mol. The number of ether oxygens (including phenoxy) is 2. The first-order valence-electron chi connectivity index (χ1n) is 6.15.